The molecular weight excluding hydrogens is 1630 g/mol. The lowest BCUT2D eigenvalue weighted by molar-refractivity contribution is 0.558. The zero-order valence-electron chi connectivity index (χ0n) is 79.3. The van der Waals surface area contributed by atoms with Gasteiger partial charge in [-0.05, 0) is 443 Å². The van der Waals surface area contributed by atoms with Gasteiger partial charge in [-0.25, -0.2) is 0 Å². The standard InChI is InChI=1S/C136H84/c1-124(2,3)48-24-36-55(37-25-48)131-104-79-68-65-63-62-61-64-67(65)80(104)90-75-72(64)78-74-66(61)71-69(62)87-88-70(63)73(68)86-83-76(79)91-99-95-96-100-92-77-84-94-97-98-85(77)108(96)134(58-42-30-51(31-43-58)127(10,11)12)115(98)121-102-101(116(112(90)131)136(121,123(117(91)131)120(99)134)60-46-34-53(35-47-60)129(16,17)18)82(75)103(78)130(109(97)102,54-22-20-19-21-23-54)105(94)81(74)93-89(71)111-114(87)135(59-44-32-52(33-45-59)128(13,14)15)113(88)110(86)133(106(83)95,57-40-28-50(29-41-57)126(7,8)9)119(100)122(135)118(92)132(111,107(84)93)56-38-26-49(27-39-56)125(4,5)6/h19-47,103H,1-18H3/t103-,130?,131?,132?,133+,134+,135+,136-/m1/s1. The zero-order chi connectivity index (χ0) is 88.9. The summed E-state index contributed by atoms with van der Waals surface area (Å²) in [4.78, 5) is 0. The normalized spacial score (nSPS) is 25.2. The Morgan fingerprint density at radius 1 is 0.154 bits per heavy atom. The van der Waals surface area contributed by atoms with Gasteiger partial charge in [-0.1, -0.05) is 301 Å². The molecule has 0 spiro atoms. The number of hydrogen-bond acceptors (Lipinski definition) is 0. The minimum absolute atomic E-state index is 0.0388. The van der Waals surface area contributed by atoms with Crippen molar-refractivity contribution >= 4 is 194 Å². The molecule has 0 amide bonds. The van der Waals surface area contributed by atoms with E-state index in [2.05, 4.69) is 301 Å². The fraction of sp³-hybridized carbons (Fsp3) is 0.235. The molecule has 0 heteroatoms. The fourth-order valence-corrected chi connectivity index (χ4v) is 40.3. The van der Waals surface area contributed by atoms with E-state index < -0.39 is 37.9 Å². The van der Waals surface area contributed by atoms with Crippen LogP contribution >= 0.6 is 0 Å². The van der Waals surface area contributed by atoms with Crippen molar-refractivity contribution in [3.8, 4) is 11.1 Å². The lowest BCUT2D eigenvalue weighted by Gasteiger charge is -2.55. The first-order valence-electron chi connectivity index (χ1n) is 51.5. The van der Waals surface area contributed by atoms with Crippen LogP contribution in [0.3, 0.4) is 0 Å². The Labute approximate surface area is 781 Å². The third kappa shape index (κ3) is 4.87. The van der Waals surface area contributed by atoms with Gasteiger partial charge in [-0.3, -0.25) is 0 Å². The molecular formula is C136H84. The van der Waals surface area contributed by atoms with Gasteiger partial charge in [-0.2, -0.15) is 0 Å². The summed E-state index contributed by atoms with van der Waals surface area (Å²) in [5.41, 5.74) is 54.0. The van der Waals surface area contributed by atoms with Gasteiger partial charge < -0.3 is 0 Å². The van der Waals surface area contributed by atoms with Gasteiger partial charge in [0, 0.05) is 5.92 Å². The van der Waals surface area contributed by atoms with Gasteiger partial charge in [0.15, 0.2) is 0 Å². The molecule has 0 N–H and O–H groups in total. The van der Waals surface area contributed by atoms with Gasteiger partial charge in [0.1, 0.15) is 0 Å². The number of allylic oxidation sites excluding steroid dienone is 2. The summed E-state index contributed by atoms with van der Waals surface area (Å²) in [5.74, 6) is -0.0388. The topological polar surface area (TPSA) is 0 Å². The van der Waals surface area contributed by atoms with Crippen LogP contribution in [0, 0.1) is 10.4 Å². The zero-order valence-corrected chi connectivity index (χ0v) is 79.3. The van der Waals surface area contributed by atoms with E-state index in [1.165, 1.54) is 72.3 Å². The lowest BCUT2D eigenvalue weighted by Crippen LogP contribution is -2.50. The molecule has 628 valence electrons. The van der Waals surface area contributed by atoms with E-state index in [-0.39, 0.29) is 38.4 Å². The van der Waals surface area contributed by atoms with Crippen molar-refractivity contribution in [1.82, 2.24) is 0 Å². The second-order valence-corrected chi connectivity index (χ2v) is 53.4. The van der Waals surface area contributed by atoms with Crippen LogP contribution in [0.4, 0.5) is 0 Å². The van der Waals surface area contributed by atoms with Gasteiger partial charge in [0.05, 0.1) is 37.9 Å². The van der Waals surface area contributed by atoms with Crippen LogP contribution in [0.25, 0.3) is 205 Å². The number of hydrogen-bond donors (Lipinski definition) is 0. The molecule has 0 fully saturated rings. The molecule has 0 bridgehead atoms. The molecule has 19 aliphatic rings. The summed E-state index contributed by atoms with van der Waals surface area (Å²) in [6, 6.07) is 78.4. The summed E-state index contributed by atoms with van der Waals surface area (Å²) >= 11 is 0. The lowest BCUT2D eigenvalue weighted by atomic mass is 9.44. The third-order valence-electron chi connectivity index (χ3n) is 43.5. The van der Waals surface area contributed by atoms with E-state index in [1.807, 2.05) is 0 Å². The smallest absolute Gasteiger partial charge is 0.0622 e. The molecule has 25 aromatic carbocycles. The molecule has 3 unspecified atom stereocenters. The van der Waals surface area contributed by atoms with Gasteiger partial charge >= 0.3 is 0 Å². The second-order valence-electron chi connectivity index (χ2n) is 53.4. The fourth-order valence-electron chi connectivity index (χ4n) is 40.3. The first-order chi connectivity index (χ1) is 65.4. The molecule has 0 aromatic heterocycles. The highest BCUT2D eigenvalue weighted by Crippen LogP contribution is 2.93. The van der Waals surface area contributed by atoms with Crippen LogP contribution in [0.1, 0.15) is 314 Å². The molecule has 19 aliphatic carbocycles. The molecule has 0 aliphatic heterocycles. The van der Waals surface area contributed by atoms with E-state index in [9.17, 15) is 0 Å². The van der Waals surface area contributed by atoms with Crippen molar-refractivity contribution < 1.29 is 0 Å². The minimum Gasteiger partial charge on any atom is -0.0622 e. The van der Waals surface area contributed by atoms with E-state index >= 15 is 0 Å². The predicted molar refractivity (Wildman–Crippen MR) is 560 cm³/mol. The molecule has 0 heterocycles. The van der Waals surface area contributed by atoms with Crippen molar-refractivity contribution in [3.05, 3.63) is 381 Å². The summed E-state index contributed by atoms with van der Waals surface area (Å²) < 4.78 is 0. The maximum atomic E-state index is 2.81. The molecule has 0 nitrogen and oxygen atoms in total. The molecule has 0 saturated heterocycles. The van der Waals surface area contributed by atoms with Crippen molar-refractivity contribution in [2.24, 2.45) is 0 Å². The molecule has 8 atom stereocenters. The summed E-state index contributed by atoms with van der Waals surface area (Å²) in [6.45, 7) is 44.5. The Bertz CT molecular complexity index is 11400. The second kappa shape index (κ2) is 17.1. The maximum Gasteiger partial charge on any atom is 0.0733 e. The van der Waals surface area contributed by atoms with Crippen LogP contribution in [0.15, 0.2) is 181 Å². The number of rotatable bonds is 7. The first-order valence-corrected chi connectivity index (χ1v) is 51.5. The monoisotopic (exact) mass is 1720 g/mol. The summed E-state index contributed by atoms with van der Waals surface area (Å²) in [7, 11) is 0. The summed E-state index contributed by atoms with van der Waals surface area (Å²) in [5, 5.41) is 59.7. The highest BCUT2D eigenvalue weighted by molar-refractivity contribution is 6.69. The molecule has 44 rings (SSSR count). The van der Waals surface area contributed by atoms with Gasteiger partial charge in [0.25, 0.3) is 0 Å². The first kappa shape index (κ1) is 66.8. The van der Waals surface area contributed by atoms with Gasteiger partial charge in [-0.15, -0.1) is 0 Å². The van der Waals surface area contributed by atoms with E-state index in [4.69, 9.17) is 0 Å². The highest BCUT2D eigenvalue weighted by Gasteiger charge is 2.80. The van der Waals surface area contributed by atoms with Crippen LogP contribution in [-0.2, 0) is 70.4 Å². The SMILES string of the molecule is CC(C)(C)c1ccc(C23C4=C5C6=c7c4c4c8c9c7=c7c%10c%11c%12c(c%13c%14c%15c(c2c2c%16c3c4c3c4c%16c%16c%17c%18c%19c%20c%21c%22c%23c%19c%19c%24c(c%11c%11c(c%25c(c7%11)[C@]9(c7ccc(C(C)(C)C)cc7)c7c(c-%21c(c3c78)C4(c3ccccc3)[C@@H]%20%17)[C@@]%22%25c3ccc(C(C)(C)C)cc3)C%23%24c3ccc(C(C)(C)C)cc3)c3c%12c%14c4c3c%19c%18c3c%16c2c%15c34)[C@@]5%13c2ccc(C(C)(C)C)cc2)[C@@]6%10c2ccc(C(C)(C)C)cc2)cc1. The van der Waals surface area contributed by atoms with Crippen LogP contribution in [0.2, 0.25) is 0 Å². The minimum atomic E-state index is -0.836. The van der Waals surface area contributed by atoms with Gasteiger partial charge in [0.2, 0.25) is 0 Å². The largest absolute Gasteiger partial charge is 0.0733 e. The molecule has 136 heavy (non-hydrogen) atoms. The van der Waals surface area contributed by atoms with Crippen LogP contribution in [0.5, 0.6) is 0 Å². The Morgan fingerprint density at radius 2 is 0.419 bits per heavy atom. The third-order valence-corrected chi connectivity index (χ3v) is 43.5. The van der Waals surface area contributed by atoms with E-state index in [1.54, 1.807) is 338 Å². The van der Waals surface area contributed by atoms with Crippen molar-refractivity contribution in [2.45, 2.75) is 201 Å². The quantitative estimate of drug-likeness (QED) is 0.110. The van der Waals surface area contributed by atoms with E-state index in [0.717, 1.165) is 0 Å². The predicted octanol–water partition coefficient (Wildman–Crippen LogP) is 31.5. The van der Waals surface area contributed by atoms with E-state index in [0.29, 0.717) is 0 Å². The van der Waals surface area contributed by atoms with Crippen molar-refractivity contribution in [3.63, 3.8) is 0 Å². The average molecular weight is 1720 g/mol. The Hall–Kier alpha value is -13.5. The van der Waals surface area contributed by atoms with Crippen LogP contribution in [-0.4, -0.2) is 0 Å². The average Bonchev–Trinajstić information content (AvgIpc) is 1.37. The maximum absolute atomic E-state index is 2.81. The Kier molecular flexibility index (Phi) is 8.38. The Balaban J connectivity index is 0.894. The molecule has 0 saturated carbocycles. The van der Waals surface area contributed by atoms with Crippen molar-refractivity contribution in [2.75, 3.05) is 0 Å². The Morgan fingerprint density at radius 3 is 0.882 bits per heavy atom. The highest BCUT2D eigenvalue weighted by atomic mass is 14.8. The summed E-state index contributed by atoms with van der Waals surface area (Å²) in [6.07, 6.45) is 0. The molecule has 0 radical (unpaired) electrons. The molecule has 25 aromatic rings. The number of benzene rings is 22. The van der Waals surface area contributed by atoms with Crippen molar-refractivity contribution in [1.29, 1.82) is 0 Å². The van der Waals surface area contributed by atoms with Crippen LogP contribution < -0.4 is 5.22 Å².